The van der Waals surface area contributed by atoms with Crippen molar-refractivity contribution in [2.45, 2.75) is 26.2 Å². The quantitative estimate of drug-likeness (QED) is 0.897. The molecule has 7 nitrogen and oxygen atoms in total. The molecule has 9 heteroatoms. The summed E-state index contributed by atoms with van der Waals surface area (Å²) in [6, 6.07) is 3.76. The largest absolute Gasteiger partial charge is 0.586 e. The number of amides is 2. The number of alkyl halides is 2. The number of hydrogen-bond donors (Lipinski definition) is 1. The molecule has 0 saturated carbocycles. The van der Waals surface area contributed by atoms with Crippen molar-refractivity contribution in [1.82, 2.24) is 14.5 Å². The monoisotopic (exact) mass is 352 g/mol. The first-order valence-electron chi connectivity index (χ1n) is 7.80. The number of carbonyl (C=O) groups excluding carboxylic acids is 1. The molecule has 2 aromatic rings. The van der Waals surface area contributed by atoms with Gasteiger partial charge in [0.05, 0.1) is 6.54 Å². The lowest BCUT2D eigenvalue weighted by Crippen LogP contribution is -2.35. The first-order chi connectivity index (χ1) is 11.9. The highest BCUT2D eigenvalue weighted by Crippen LogP contribution is 2.42. The molecular weight excluding hydrogens is 334 g/mol. The van der Waals surface area contributed by atoms with Gasteiger partial charge in [0, 0.05) is 37.7 Å². The zero-order valence-electron chi connectivity index (χ0n) is 13.8. The minimum atomic E-state index is -3.68. The molecule has 1 aliphatic heterocycles. The Labute approximate surface area is 143 Å². The number of halogens is 2. The maximum atomic E-state index is 13.1. The van der Waals surface area contributed by atoms with Crippen LogP contribution < -0.4 is 14.8 Å². The predicted molar refractivity (Wildman–Crippen MR) is 85.6 cm³/mol. The third-order valence-electron chi connectivity index (χ3n) is 3.69. The van der Waals surface area contributed by atoms with E-state index < -0.39 is 6.29 Å². The van der Waals surface area contributed by atoms with Gasteiger partial charge in [-0.1, -0.05) is 6.92 Å². The highest BCUT2D eigenvalue weighted by molar-refractivity contribution is 5.89. The second-order valence-corrected chi connectivity index (χ2v) is 5.64. The van der Waals surface area contributed by atoms with Gasteiger partial charge in [-0.25, -0.2) is 9.78 Å². The smallest absolute Gasteiger partial charge is 0.395 e. The molecule has 2 amide bonds. The Kier molecular flexibility index (Phi) is 4.47. The fourth-order valence-corrected chi connectivity index (χ4v) is 2.47. The van der Waals surface area contributed by atoms with Crippen molar-refractivity contribution >= 4 is 11.7 Å². The van der Waals surface area contributed by atoms with Crippen molar-refractivity contribution in [3.8, 4) is 11.5 Å². The molecule has 3 rings (SSSR count). The summed E-state index contributed by atoms with van der Waals surface area (Å²) in [4.78, 5) is 18.3. The van der Waals surface area contributed by atoms with E-state index in [0.717, 1.165) is 12.2 Å². The maximum Gasteiger partial charge on any atom is 0.586 e. The number of rotatable bonds is 5. The van der Waals surface area contributed by atoms with Crippen molar-refractivity contribution < 1.29 is 23.0 Å². The van der Waals surface area contributed by atoms with E-state index in [1.807, 2.05) is 18.5 Å². The summed E-state index contributed by atoms with van der Waals surface area (Å²) in [6.45, 7) is 2.83. The molecule has 1 aromatic heterocycles. The Morgan fingerprint density at radius 3 is 2.80 bits per heavy atom. The van der Waals surface area contributed by atoms with Crippen LogP contribution >= 0.6 is 0 Å². The van der Waals surface area contributed by atoms with E-state index in [4.69, 9.17) is 0 Å². The average Bonchev–Trinajstić information content (AvgIpc) is 3.07. The zero-order chi connectivity index (χ0) is 18.0. The van der Waals surface area contributed by atoms with Crippen molar-refractivity contribution in [3.05, 3.63) is 36.4 Å². The van der Waals surface area contributed by atoms with Crippen LogP contribution in [0.4, 0.5) is 19.3 Å². The number of nitrogens with one attached hydrogen (secondary N) is 1. The third kappa shape index (κ3) is 3.81. The van der Waals surface area contributed by atoms with E-state index in [1.165, 1.54) is 18.2 Å². The van der Waals surface area contributed by atoms with Gasteiger partial charge in [0.25, 0.3) is 0 Å². The molecule has 1 aliphatic rings. The van der Waals surface area contributed by atoms with E-state index >= 15 is 0 Å². The number of nitrogens with zero attached hydrogens (tertiary/aromatic N) is 3. The predicted octanol–water partition coefficient (Wildman–Crippen LogP) is 3.19. The van der Waals surface area contributed by atoms with Gasteiger partial charge in [-0.3, -0.25) is 0 Å². The molecule has 0 aliphatic carbocycles. The lowest BCUT2D eigenvalue weighted by molar-refractivity contribution is -0.286. The van der Waals surface area contributed by atoms with Crippen LogP contribution in [-0.2, 0) is 13.6 Å². The van der Waals surface area contributed by atoms with E-state index in [1.54, 1.807) is 17.3 Å². The summed E-state index contributed by atoms with van der Waals surface area (Å²) in [5.41, 5.74) is 0.339. The molecule has 1 N–H and O–H groups in total. The number of carbonyl (C=O) groups is 1. The van der Waals surface area contributed by atoms with Crippen LogP contribution in [0.25, 0.3) is 0 Å². The summed E-state index contributed by atoms with van der Waals surface area (Å²) in [5.74, 6) is 0.560. The first kappa shape index (κ1) is 17.0. The van der Waals surface area contributed by atoms with Crippen molar-refractivity contribution in [2.24, 2.45) is 7.05 Å². The third-order valence-corrected chi connectivity index (χ3v) is 3.69. The standard InChI is InChI=1S/C16H18F2N4O3/c1-3-7-22(10-14-19-6-8-21(14)2)15(23)20-11-4-5-12-13(9-11)25-16(17,18)24-12/h4-6,8-9H,3,7,10H2,1-2H3,(H,20,23). The van der Waals surface area contributed by atoms with Gasteiger partial charge >= 0.3 is 12.3 Å². The second-order valence-electron chi connectivity index (χ2n) is 5.64. The highest BCUT2D eigenvalue weighted by atomic mass is 19.3. The number of imidazole rings is 1. The Balaban J connectivity index is 1.70. The van der Waals surface area contributed by atoms with E-state index in [0.29, 0.717) is 18.8 Å². The number of aryl methyl sites for hydroxylation is 1. The SMILES string of the molecule is CCCN(Cc1nccn1C)C(=O)Nc1ccc2c(c1)OC(F)(F)O2. The first-order valence-corrected chi connectivity index (χ1v) is 7.80. The minimum Gasteiger partial charge on any atom is -0.395 e. The second kappa shape index (κ2) is 6.58. The van der Waals surface area contributed by atoms with Crippen LogP contribution in [0.3, 0.4) is 0 Å². The van der Waals surface area contributed by atoms with Crippen LogP contribution in [0, 0.1) is 0 Å². The zero-order valence-corrected chi connectivity index (χ0v) is 13.8. The lowest BCUT2D eigenvalue weighted by Gasteiger charge is -2.22. The number of hydrogen-bond acceptors (Lipinski definition) is 4. The summed E-state index contributed by atoms with van der Waals surface area (Å²) in [7, 11) is 1.85. The average molecular weight is 352 g/mol. The summed E-state index contributed by atoms with van der Waals surface area (Å²) >= 11 is 0. The fourth-order valence-electron chi connectivity index (χ4n) is 2.47. The molecule has 0 unspecified atom stereocenters. The Morgan fingerprint density at radius 1 is 1.36 bits per heavy atom. The molecule has 0 atom stereocenters. The van der Waals surface area contributed by atoms with Crippen molar-refractivity contribution in [1.29, 1.82) is 0 Å². The molecular formula is C16H18F2N4O3. The molecule has 0 spiro atoms. The van der Waals surface area contributed by atoms with E-state index in [-0.39, 0.29) is 17.5 Å². The molecule has 0 saturated heterocycles. The van der Waals surface area contributed by atoms with Gasteiger partial charge in [-0.15, -0.1) is 8.78 Å². The topological polar surface area (TPSA) is 68.6 Å². The van der Waals surface area contributed by atoms with Gasteiger partial charge in [0.15, 0.2) is 11.5 Å². The lowest BCUT2D eigenvalue weighted by atomic mass is 10.3. The molecule has 2 heterocycles. The Morgan fingerprint density at radius 2 is 2.12 bits per heavy atom. The normalized spacial score (nSPS) is 14.4. The maximum absolute atomic E-state index is 13.1. The van der Waals surface area contributed by atoms with Gasteiger partial charge < -0.3 is 24.3 Å². The molecule has 0 bridgehead atoms. The van der Waals surface area contributed by atoms with Gasteiger partial charge in [-0.05, 0) is 18.6 Å². The minimum absolute atomic E-state index is 0.0681. The number of aromatic nitrogens is 2. The van der Waals surface area contributed by atoms with Crippen LogP contribution in [0.2, 0.25) is 0 Å². The Bertz CT molecular complexity index is 778. The van der Waals surface area contributed by atoms with Gasteiger partial charge in [0.2, 0.25) is 0 Å². The van der Waals surface area contributed by atoms with Gasteiger partial charge in [-0.2, -0.15) is 0 Å². The van der Waals surface area contributed by atoms with E-state index in [2.05, 4.69) is 19.8 Å². The number of ether oxygens (including phenoxy) is 2. The van der Waals surface area contributed by atoms with Crippen LogP contribution in [-0.4, -0.2) is 33.3 Å². The number of benzene rings is 1. The highest BCUT2D eigenvalue weighted by Gasteiger charge is 2.43. The Hall–Kier alpha value is -2.84. The number of urea groups is 1. The van der Waals surface area contributed by atoms with Crippen LogP contribution in [0.1, 0.15) is 19.2 Å². The van der Waals surface area contributed by atoms with E-state index in [9.17, 15) is 13.6 Å². The van der Waals surface area contributed by atoms with Crippen LogP contribution in [0.15, 0.2) is 30.6 Å². The summed E-state index contributed by atoms with van der Waals surface area (Å²) < 4.78 is 36.7. The van der Waals surface area contributed by atoms with Crippen molar-refractivity contribution in [2.75, 3.05) is 11.9 Å². The fraction of sp³-hybridized carbons (Fsp3) is 0.375. The summed E-state index contributed by atoms with van der Waals surface area (Å²) in [5, 5.41) is 2.69. The summed E-state index contributed by atoms with van der Waals surface area (Å²) in [6.07, 6.45) is 0.549. The van der Waals surface area contributed by atoms with Gasteiger partial charge in [0.1, 0.15) is 5.82 Å². The molecule has 1 aromatic carbocycles. The van der Waals surface area contributed by atoms with Crippen LogP contribution in [0.5, 0.6) is 11.5 Å². The number of fused-ring (bicyclic) bond motifs is 1. The molecule has 134 valence electrons. The molecule has 25 heavy (non-hydrogen) atoms. The molecule has 0 radical (unpaired) electrons. The van der Waals surface area contributed by atoms with Crippen molar-refractivity contribution in [3.63, 3.8) is 0 Å². The number of anilines is 1. The molecule has 0 fully saturated rings.